The lowest BCUT2D eigenvalue weighted by molar-refractivity contribution is 0.0943. The van der Waals surface area contributed by atoms with Gasteiger partial charge in [-0.2, -0.15) is 9.61 Å². The molecule has 0 fully saturated rings. The molecule has 0 spiro atoms. The highest BCUT2D eigenvalue weighted by Crippen LogP contribution is 2.30. The number of amides is 1. The van der Waals surface area contributed by atoms with E-state index in [9.17, 15) is 4.79 Å². The molecule has 0 atom stereocenters. The second kappa shape index (κ2) is 9.93. The van der Waals surface area contributed by atoms with E-state index in [0.29, 0.717) is 29.5 Å². The van der Waals surface area contributed by atoms with Crippen LogP contribution in [0.3, 0.4) is 0 Å². The molecule has 0 unspecified atom stereocenters. The van der Waals surface area contributed by atoms with Crippen LogP contribution >= 0.6 is 27.5 Å². The number of hydrogen-bond donors (Lipinski definition) is 2. The van der Waals surface area contributed by atoms with E-state index in [1.54, 1.807) is 21.3 Å². The van der Waals surface area contributed by atoms with Crippen molar-refractivity contribution in [1.82, 2.24) is 24.5 Å². The summed E-state index contributed by atoms with van der Waals surface area (Å²) in [5, 5.41) is 11.5. The highest BCUT2D eigenvalue weighted by molar-refractivity contribution is 9.10. The Balaban J connectivity index is 1.30. The number of nitrogens with zero attached hydrogens (tertiary/aromatic N) is 4. The zero-order valence-electron chi connectivity index (χ0n) is 18.9. The minimum atomic E-state index is -0.0929. The van der Waals surface area contributed by atoms with Crippen LogP contribution in [0.4, 0.5) is 5.82 Å². The van der Waals surface area contributed by atoms with Gasteiger partial charge in [0.05, 0.1) is 16.4 Å². The Kier molecular flexibility index (Phi) is 6.57. The van der Waals surface area contributed by atoms with Gasteiger partial charge in [-0.05, 0) is 45.3 Å². The van der Waals surface area contributed by atoms with Crippen LogP contribution in [0.1, 0.15) is 21.6 Å². The number of carbonyl (C=O) groups excluding carboxylic acids is 1. The molecule has 0 saturated heterocycles. The average Bonchev–Trinajstić information content (AvgIpc) is 3.47. The summed E-state index contributed by atoms with van der Waals surface area (Å²) in [7, 11) is 1.85. The Morgan fingerprint density at radius 2 is 1.77 bits per heavy atom. The summed E-state index contributed by atoms with van der Waals surface area (Å²) in [4.78, 5) is 17.1. The first-order valence-corrected chi connectivity index (χ1v) is 12.2. The Hall–Kier alpha value is -3.62. The van der Waals surface area contributed by atoms with Crippen molar-refractivity contribution in [2.45, 2.75) is 13.1 Å². The highest BCUT2D eigenvalue weighted by Gasteiger charge is 2.13. The van der Waals surface area contributed by atoms with Crippen molar-refractivity contribution < 1.29 is 4.79 Å². The zero-order chi connectivity index (χ0) is 24.4. The van der Waals surface area contributed by atoms with E-state index < -0.39 is 0 Å². The third-order valence-electron chi connectivity index (χ3n) is 5.70. The van der Waals surface area contributed by atoms with Crippen LogP contribution in [0.2, 0.25) is 5.02 Å². The first-order chi connectivity index (χ1) is 17.0. The molecule has 0 aliphatic rings. The minimum absolute atomic E-state index is 0.0929. The van der Waals surface area contributed by atoms with Crippen LogP contribution in [0, 0.1) is 0 Å². The maximum Gasteiger partial charge on any atom is 0.268 e. The summed E-state index contributed by atoms with van der Waals surface area (Å²) < 4.78 is 4.36. The molecule has 1 amide bonds. The van der Waals surface area contributed by atoms with Crippen LogP contribution < -0.4 is 10.6 Å². The molecule has 0 radical (unpaired) electrons. The Morgan fingerprint density at radius 3 is 2.49 bits per heavy atom. The van der Waals surface area contributed by atoms with Crippen molar-refractivity contribution in [1.29, 1.82) is 0 Å². The molecule has 3 heterocycles. The molecule has 5 aromatic rings. The number of hydrogen-bond acceptors (Lipinski definition) is 4. The lowest BCUT2D eigenvalue weighted by Crippen LogP contribution is -2.24. The summed E-state index contributed by atoms with van der Waals surface area (Å²) in [5.74, 6) is 0.708. The van der Waals surface area contributed by atoms with E-state index >= 15 is 0 Å². The maximum atomic E-state index is 12.3. The fourth-order valence-electron chi connectivity index (χ4n) is 3.81. The lowest BCUT2D eigenvalue weighted by Gasteiger charge is -2.12. The van der Waals surface area contributed by atoms with Crippen molar-refractivity contribution in [3.05, 3.63) is 105 Å². The van der Waals surface area contributed by atoms with Gasteiger partial charge in [0.2, 0.25) is 0 Å². The fraction of sp³-hybridized carbons (Fsp3) is 0.115. The van der Waals surface area contributed by atoms with Gasteiger partial charge < -0.3 is 15.2 Å². The summed E-state index contributed by atoms with van der Waals surface area (Å²) in [6.07, 6.45) is 3.58. The molecule has 35 heavy (non-hydrogen) atoms. The first-order valence-electron chi connectivity index (χ1n) is 11.0. The number of carbonyl (C=O) groups is 1. The molecule has 3 aromatic heterocycles. The third kappa shape index (κ3) is 4.94. The average molecular weight is 550 g/mol. The Morgan fingerprint density at radius 1 is 1.03 bits per heavy atom. The topological polar surface area (TPSA) is 76.2 Å². The lowest BCUT2D eigenvalue weighted by atomic mass is 10.1. The minimum Gasteiger partial charge on any atom is -0.366 e. The van der Waals surface area contributed by atoms with Crippen LogP contribution in [-0.4, -0.2) is 25.1 Å². The van der Waals surface area contributed by atoms with Gasteiger partial charge in [-0.25, -0.2) is 4.98 Å². The Labute approximate surface area is 215 Å². The van der Waals surface area contributed by atoms with Crippen molar-refractivity contribution in [2.75, 3.05) is 5.32 Å². The van der Waals surface area contributed by atoms with Gasteiger partial charge in [0.1, 0.15) is 11.5 Å². The number of fused-ring (bicyclic) bond motifs is 1. The van der Waals surface area contributed by atoms with E-state index in [1.807, 2.05) is 73.9 Å². The molecular weight excluding hydrogens is 528 g/mol. The number of aryl methyl sites for hydroxylation is 1. The van der Waals surface area contributed by atoms with E-state index in [1.165, 1.54) is 0 Å². The smallest absolute Gasteiger partial charge is 0.268 e. The van der Waals surface area contributed by atoms with E-state index in [2.05, 4.69) is 31.7 Å². The van der Waals surface area contributed by atoms with Gasteiger partial charge in [-0.15, -0.1) is 0 Å². The molecule has 176 valence electrons. The molecule has 0 saturated carbocycles. The number of rotatable bonds is 7. The molecule has 9 heteroatoms. The number of benzene rings is 2. The van der Waals surface area contributed by atoms with E-state index in [-0.39, 0.29) is 5.91 Å². The van der Waals surface area contributed by atoms with Crippen molar-refractivity contribution >= 4 is 44.9 Å². The Bertz CT molecular complexity index is 1510. The van der Waals surface area contributed by atoms with E-state index in [0.717, 1.165) is 32.7 Å². The van der Waals surface area contributed by atoms with Gasteiger partial charge in [0.25, 0.3) is 5.91 Å². The molecule has 2 aromatic carbocycles. The summed E-state index contributed by atoms with van der Waals surface area (Å²) in [5.41, 5.74) is 5.08. The largest absolute Gasteiger partial charge is 0.366 e. The van der Waals surface area contributed by atoms with Gasteiger partial charge >= 0.3 is 0 Å². The van der Waals surface area contributed by atoms with Gasteiger partial charge in [0, 0.05) is 43.0 Å². The third-order valence-corrected chi connectivity index (χ3v) is 6.59. The number of aromatic nitrogens is 4. The summed E-state index contributed by atoms with van der Waals surface area (Å²) in [6.45, 7) is 1.06. The standard InChI is InChI=1S/C26H22BrClN6O/c1-33-12-4-7-23(33)26(35)30-15-18-10-8-17(9-11-18)14-29-24-13-22(19-5-2-3-6-21(19)28)32-25-20(27)16-31-34(24)25/h2-13,16,29H,14-15H2,1H3,(H,30,35). The number of halogens is 2. The normalized spacial score (nSPS) is 11.1. The summed E-state index contributed by atoms with van der Waals surface area (Å²) in [6, 6.07) is 21.4. The predicted octanol–water partition coefficient (Wildman–Crippen LogP) is 5.69. The first kappa shape index (κ1) is 23.1. The van der Waals surface area contributed by atoms with Crippen LogP contribution in [0.25, 0.3) is 16.9 Å². The van der Waals surface area contributed by atoms with Crippen molar-refractivity contribution in [3.63, 3.8) is 0 Å². The quantitative estimate of drug-likeness (QED) is 0.273. The highest BCUT2D eigenvalue weighted by atomic mass is 79.9. The second-order valence-corrected chi connectivity index (χ2v) is 9.35. The van der Waals surface area contributed by atoms with Crippen LogP contribution in [0.5, 0.6) is 0 Å². The van der Waals surface area contributed by atoms with Crippen molar-refractivity contribution in [2.24, 2.45) is 7.05 Å². The molecule has 0 bridgehead atoms. The monoisotopic (exact) mass is 548 g/mol. The molecule has 7 nitrogen and oxygen atoms in total. The van der Waals surface area contributed by atoms with Crippen LogP contribution in [0.15, 0.2) is 83.6 Å². The van der Waals surface area contributed by atoms with Gasteiger partial charge in [-0.1, -0.05) is 54.1 Å². The number of anilines is 1. The summed E-state index contributed by atoms with van der Waals surface area (Å²) >= 11 is 9.96. The zero-order valence-corrected chi connectivity index (χ0v) is 21.2. The molecule has 5 rings (SSSR count). The predicted molar refractivity (Wildman–Crippen MR) is 141 cm³/mol. The molecule has 2 N–H and O–H groups in total. The van der Waals surface area contributed by atoms with E-state index in [4.69, 9.17) is 16.6 Å². The maximum absolute atomic E-state index is 12.3. The van der Waals surface area contributed by atoms with Gasteiger partial charge in [0.15, 0.2) is 5.65 Å². The fourth-order valence-corrected chi connectivity index (χ4v) is 4.39. The number of nitrogens with one attached hydrogen (secondary N) is 2. The second-order valence-electron chi connectivity index (χ2n) is 8.09. The van der Waals surface area contributed by atoms with Crippen LogP contribution in [-0.2, 0) is 20.1 Å². The molecular formula is C26H22BrClN6O. The van der Waals surface area contributed by atoms with Gasteiger partial charge in [-0.3, -0.25) is 4.79 Å². The van der Waals surface area contributed by atoms with Crippen molar-refractivity contribution in [3.8, 4) is 11.3 Å². The molecule has 0 aliphatic heterocycles. The molecule has 0 aliphatic carbocycles. The SMILES string of the molecule is Cn1cccc1C(=O)NCc1ccc(CNc2cc(-c3ccccc3Cl)nc3c(Br)cnn23)cc1.